The molecule has 4 aromatic rings. The van der Waals surface area contributed by atoms with Gasteiger partial charge in [0.2, 0.25) is 0 Å². The molecule has 3 aromatic carbocycles. The number of carbonyl (C=O) groups is 2. The van der Waals surface area contributed by atoms with Gasteiger partial charge in [-0.1, -0.05) is 0 Å². The molecule has 0 fully saturated rings. The Kier molecular flexibility index (Phi) is 4.28. The van der Waals surface area contributed by atoms with Crippen LogP contribution in [-0.4, -0.2) is 35.6 Å². The van der Waals surface area contributed by atoms with Crippen molar-refractivity contribution in [2.24, 2.45) is 0 Å². The van der Waals surface area contributed by atoms with E-state index in [2.05, 4.69) is 59.5 Å². The fourth-order valence-corrected chi connectivity index (χ4v) is 7.50. The molecular formula is C26H15NO2SeSi. The number of fused-ring (bicyclic) bond motifs is 3. The van der Waals surface area contributed by atoms with E-state index in [0.29, 0.717) is 20.6 Å². The molecule has 5 heteroatoms. The van der Waals surface area contributed by atoms with Crippen LogP contribution in [0, 0.1) is 0 Å². The fraction of sp³-hybridized carbons (Fsp3) is 0. The molecule has 1 aromatic heterocycles. The van der Waals surface area contributed by atoms with Crippen molar-refractivity contribution in [3.8, 4) is 0 Å². The van der Waals surface area contributed by atoms with Crippen molar-refractivity contribution in [3.63, 3.8) is 0 Å². The molecule has 0 atom stereocenters. The number of benzene rings is 3. The Labute approximate surface area is 188 Å². The van der Waals surface area contributed by atoms with E-state index in [1.807, 2.05) is 6.07 Å². The molecule has 1 aliphatic carbocycles. The normalized spacial score (nSPS) is 14.3. The molecule has 0 N–H and O–H groups in total. The number of ketones is 2. The van der Waals surface area contributed by atoms with Crippen LogP contribution in [0.2, 0.25) is 0 Å². The zero-order valence-electron chi connectivity index (χ0n) is 16.3. The molecule has 0 bridgehead atoms. The summed E-state index contributed by atoms with van der Waals surface area (Å²) in [5, 5.41) is 2.67. The summed E-state index contributed by atoms with van der Waals surface area (Å²) < 4.78 is 2.24. The van der Waals surface area contributed by atoms with E-state index in [-0.39, 0.29) is 31.6 Å². The zero-order valence-corrected chi connectivity index (χ0v) is 19.0. The number of carbonyl (C=O) groups excluding carboxylic acids is 2. The molecule has 146 valence electrons. The standard InChI is InChI=1S/C26H15NO2SeSi/c28-25-17-7-1-2-8-18(17)26(29)19(25)15-16-13-14-24(30-16)27-20-9-3-5-11-22(20)31-23-12-6-4-10-21(23)27/h1-15H. The topological polar surface area (TPSA) is 37.4 Å². The third-order valence-corrected chi connectivity index (χ3v) is 9.10. The maximum absolute atomic E-state index is 12.8. The van der Waals surface area contributed by atoms with Gasteiger partial charge in [0, 0.05) is 0 Å². The Bertz CT molecular complexity index is 1340. The van der Waals surface area contributed by atoms with Gasteiger partial charge in [0.1, 0.15) is 0 Å². The number of para-hydroxylation sites is 2. The van der Waals surface area contributed by atoms with Gasteiger partial charge < -0.3 is 0 Å². The van der Waals surface area contributed by atoms with E-state index in [1.54, 1.807) is 30.3 Å². The summed E-state index contributed by atoms with van der Waals surface area (Å²) >= 11 is -0.0109. The third kappa shape index (κ3) is 2.93. The molecule has 0 spiro atoms. The molecule has 0 amide bonds. The monoisotopic (exact) mass is 481 g/mol. The van der Waals surface area contributed by atoms with Crippen LogP contribution in [0.5, 0.6) is 0 Å². The molecule has 0 unspecified atom stereocenters. The summed E-state index contributed by atoms with van der Waals surface area (Å²) in [4.78, 5) is 27.9. The molecular weight excluding hydrogens is 465 g/mol. The van der Waals surface area contributed by atoms with Gasteiger partial charge in [-0.3, -0.25) is 0 Å². The van der Waals surface area contributed by atoms with Crippen molar-refractivity contribution >= 4 is 68.0 Å². The molecule has 2 heterocycles. The maximum atomic E-state index is 12.8. The summed E-state index contributed by atoms with van der Waals surface area (Å²) in [7, 11) is 0.639. The Morgan fingerprint density at radius 3 is 1.84 bits per heavy atom. The SMILES string of the molecule is O=C1C(=Cc2ccc(N3c4ccccc4[Si]c4ccccc43)[se]2)C(=O)c2ccccc21. The predicted molar refractivity (Wildman–Crippen MR) is 126 cm³/mol. The van der Waals surface area contributed by atoms with E-state index < -0.39 is 0 Å². The zero-order chi connectivity index (χ0) is 20.9. The van der Waals surface area contributed by atoms with Crippen LogP contribution in [0.3, 0.4) is 0 Å². The van der Waals surface area contributed by atoms with Crippen molar-refractivity contribution in [2.45, 2.75) is 0 Å². The van der Waals surface area contributed by atoms with E-state index >= 15 is 0 Å². The second-order valence-corrected chi connectivity index (χ2v) is 11.1. The van der Waals surface area contributed by atoms with Gasteiger partial charge in [-0.05, 0) is 0 Å². The van der Waals surface area contributed by atoms with Gasteiger partial charge in [-0.2, -0.15) is 0 Å². The number of nitrogens with zero attached hydrogens (tertiary/aromatic N) is 1. The summed E-state index contributed by atoms with van der Waals surface area (Å²) in [5.74, 6) is -0.332. The van der Waals surface area contributed by atoms with Gasteiger partial charge in [0.05, 0.1) is 0 Å². The van der Waals surface area contributed by atoms with Crippen molar-refractivity contribution in [1.29, 1.82) is 0 Å². The van der Waals surface area contributed by atoms with Crippen LogP contribution in [0.15, 0.2) is 90.5 Å². The summed E-state index contributed by atoms with van der Waals surface area (Å²) in [6, 6.07) is 28.3. The Hall–Kier alpha value is -3.24. The first-order chi connectivity index (χ1) is 15.2. The number of hydrogen-bond donors (Lipinski definition) is 0. The van der Waals surface area contributed by atoms with Crippen LogP contribution in [0.25, 0.3) is 6.08 Å². The Balaban J connectivity index is 1.43. The molecule has 0 saturated carbocycles. The molecule has 31 heavy (non-hydrogen) atoms. The number of anilines is 3. The Morgan fingerprint density at radius 2 is 1.23 bits per heavy atom. The molecule has 6 rings (SSSR count). The number of allylic oxidation sites excluding steroid dienone is 1. The van der Waals surface area contributed by atoms with Crippen LogP contribution in [0.4, 0.5) is 15.9 Å². The van der Waals surface area contributed by atoms with Gasteiger partial charge in [-0.25, -0.2) is 0 Å². The minimum absolute atomic E-state index is 0.0109. The van der Waals surface area contributed by atoms with E-state index in [1.165, 1.54) is 26.3 Å². The minimum atomic E-state index is -0.166. The molecule has 3 nitrogen and oxygen atoms in total. The predicted octanol–water partition coefficient (Wildman–Crippen LogP) is 3.64. The van der Waals surface area contributed by atoms with Crippen molar-refractivity contribution in [3.05, 3.63) is 106 Å². The first-order valence-electron chi connectivity index (χ1n) is 9.96. The van der Waals surface area contributed by atoms with Crippen molar-refractivity contribution in [2.75, 3.05) is 4.90 Å². The van der Waals surface area contributed by atoms with E-state index in [9.17, 15) is 9.59 Å². The second kappa shape index (κ2) is 7.17. The molecule has 0 saturated heterocycles. The summed E-state index contributed by atoms with van der Waals surface area (Å²) in [5.41, 5.74) is 3.74. The van der Waals surface area contributed by atoms with Crippen LogP contribution >= 0.6 is 0 Å². The van der Waals surface area contributed by atoms with Gasteiger partial charge in [0.25, 0.3) is 0 Å². The molecule has 1 aliphatic heterocycles. The number of Topliss-reactive ketones (excluding diaryl/α,β-unsaturated/α-hetero) is 2. The summed E-state index contributed by atoms with van der Waals surface area (Å²) in [6.07, 6.45) is 1.80. The van der Waals surface area contributed by atoms with Gasteiger partial charge >= 0.3 is 189 Å². The van der Waals surface area contributed by atoms with Crippen molar-refractivity contribution < 1.29 is 9.59 Å². The van der Waals surface area contributed by atoms with Crippen LogP contribution < -0.4 is 15.3 Å². The fourth-order valence-electron chi connectivity index (χ4n) is 4.15. The van der Waals surface area contributed by atoms with E-state index in [0.717, 1.165) is 4.44 Å². The van der Waals surface area contributed by atoms with Gasteiger partial charge in [0.15, 0.2) is 0 Å². The van der Waals surface area contributed by atoms with E-state index in [4.69, 9.17) is 0 Å². The average molecular weight is 480 g/mol. The first kappa shape index (κ1) is 18.5. The average Bonchev–Trinajstić information content (AvgIpc) is 3.36. The third-order valence-electron chi connectivity index (χ3n) is 5.58. The summed E-state index contributed by atoms with van der Waals surface area (Å²) in [6.45, 7) is 0. The van der Waals surface area contributed by atoms with Crippen molar-refractivity contribution in [1.82, 2.24) is 0 Å². The molecule has 2 radical (unpaired) electrons. The number of rotatable bonds is 2. The number of hydrogen-bond acceptors (Lipinski definition) is 3. The first-order valence-corrected chi connectivity index (χ1v) is 12.7. The van der Waals surface area contributed by atoms with Crippen LogP contribution in [0.1, 0.15) is 25.2 Å². The molecule has 2 aliphatic rings. The Morgan fingerprint density at radius 1 is 0.677 bits per heavy atom. The van der Waals surface area contributed by atoms with Crippen LogP contribution in [-0.2, 0) is 0 Å². The second-order valence-electron chi connectivity index (χ2n) is 7.43. The quantitative estimate of drug-likeness (QED) is 0.220. The van der Waals surface area contributed by atoms with Gasteiger partial charge in [-0.15, -0.1) is 0 Å².